The van der Waals surface area contributed by atoms with E-state index in [0.29, 0.717) is 0 Å². The van der Waals surface area contributed by atoms with Crippen LogP contribution in [0, 0.1) is 0 Å². The van der Waals surface area contributed by atoms with Crippen LogP contribution < -0.4 is 4.74 Å². The highest BCUT2D eigenvalue weighted by atomic mass is 79.9. The second-order valence-corrected chi connectivity index (χ2v) is 7.61. The van der Waals surface area contributed by atoms with Crippen LogP contribution in [0.4, 0.5) is 0 Å². The van der Waals surface area contributed by atoms with Gasteiger partial charge in [-0.15, -0.1) is 11.3 Å². The molecule has 1 aromatic heterocycles. The SMILES string of the molecule is COc1ccc(/C=C/C(=O)c2cc(Br)cs2)cc1CN1CCOCC1. The summed E-state index contributed by atoms with van der Waals surface area (Å²) in [5.41, 5.74) is 2.12. The Bertz CT molecular complexity index is 766. The molecule has 0 spiro atoms. The summed E-state index contributed by atoms with van der Waals surface area (Å²) in [4.78, 5) is 15.3. The number of thiophene rings is 1. The van der Waals surface area contributed by atoms with Crippen molar-refractivity contribution in [2.75, 3.05) is 33.4 Å². The van der Waals surface area contributed by atoms with Gasteiger partial charge < -0.3 is 9.47 Å². The molecule has 25 heavy (non-hydrogen) atoms. The number of nitrogens with zero attached hydrogens (tertiary/aromatic N) is 1. The van der Waals surface area contributed by atoms with Crippen LogP contribution in [0.5, 0.6) is 5.75 Å². The monoisotopic (exact) mass is 421 g/mol. The summed E-state index contributed by atoms with van der Waals surface area (Å²) in [6.45, 7) is 4.21. The summed E-state index contributed by atoms with van der Waals surface area (Å²) >= 11 is 4.81. The topological polar surface area (TPSA) is 38.8 Å². The van der Waals surface area contributed by atoms with E-state index in [9.17, 15) is 4.79 Å². The van der Waals surface area contributed by atoms with Crippen LogP contribution in [0.25, 0.3) is 6.08 Å². The second kappa shape index (κ2) is 8.76. The van der Waals surface area contributed by atoms with Crippen LogP contribution >= 0.6 is 27.3 Å². The summed E-state index contributed by atoms with van der Waals surface area (Å²) in [7, 11) is 1.69. The highest BCUT2D eigenvalue weighted by Crippen LogP contribution is 2.24. The van der Waals surface area contributed by atoms with Gasteiger partial charge in [0.15, 0.2) is 5.78 Å². The molecule has 0 saturated carbocycles. The van der Waals surface area contributed by atoms with Crippen LogP contribution in [-0.4, -0.2) is 44.1 Å². The molecule has 132 valence electrons. The molecule has 0 radical (unpaired) electrons. The molecule has 0 bridgehead atoms. The number of ketones is 1. The van der Waals surface area contributed by atoms with Gasteiger partial charge in [0.1, 0.15) is 5.75 Å². The zero-order valence-electron chi connectivity index (χ0n) is 14.0. The first kappa shape index (κ1) is 18.3. The summed E-state index contributed by atoms with van der Waals surface area (Å²) in [6.07, 6.45) is 3.48. The lowest BCUT2D eigenvalue weighted by molar-refractivity contribution is 0.0339. The number of benzene rings is 1. The normalized spacial score (nSPS) is 15.6. The van der Waals surface area contributed by atoms with Crippen molar-refractivity contribution < 1.29 is 14.3 Å². The summed E-state index contributed by atoms with van der Waals surface area (Å²) in [5, 5.41) is 1.91. The largest absolute Gasteiger partial charge is 0.496 e. The molecule has 1 saturated heterocycles. The van der Waals surface area contributed by atoms with Crippen molar-refractivity contribution >= 4 is 39.1 Å². The highest BCUT2D eigenvalue weighted by molar-refractivity contribution is 9.10. The van der Waals surface area contributed by atoms with E-state index in [1.165, 1.54) is 11.3 Å². The Hall–Kier alpha value is -1.47. The maximum atomic E-state index is 12.2. The Morgan fingerprint density at radius 1 is 1.36 bits per heavy atom. The number of ether oxygens (including phenoxy) is 2. The van der Waals surface area contributed by atoms with Crippen molar-refractivity contribution in [1.29, 1.82) is 0 Å². The van der Waals surface area contributed by atoms with Crippen molar-refractivity contribution in [1.82, 2.24) is 4.90 Å². The van der Waals surface area contributed by atoms with Crippen LogP contribution in [0.2, 0.25) is 0 Å². The summed E-state index contributed by atoms with van der Waals surface area (Å²) in [5.74, 6) is 0.887. The molecule has 6 heteroatoms. The number of halogens is 1. The van der Waals surface area contributed by atoms with Gasteiger partial charge in [-0.25, -0.2) is 0 Å². The van der Waals surface area contributed by atoms with E-state index >= 15 is 0 Å². The number of carbonyl (C=O) groups excluding carboxylic acids is 1. The van der Waals surface area contributed by atoms with Crippen molar-refractivity contribution in [2.24, 2.45) is 0 Å². The Morgan fingerprint density at radius 3 is 2.84 bits per heavy atom. The van der Waals surface area contributed by atoms with Gasteiger partial charge in [-0.2, -0.15) is 0 Å². The Kier molecular flexibility index (Phi) is 6.42. The fourth-order valence-corrected chi connectivity index (χ4v) is 4.07. The number of carbonyl (C=O) groups is 1. The Balaban J connectivity index is 1.74. The molecule has 3 rings (SSSR count). The van der Waals surface area contributed by atoms with Gasteiger partial charge in [0.25, 0.3) is 0 Å². The van der Waals surface area contributed by atoms with E-state index in [-0.39, 0.29) is 5.78 Å². The van der Waals surface area contributed by atoms with Crippen molar-refractivity contribution in [2.45, 2.75) is 6.54 Å². The lowest BCUT2D eigenvalue weighted by Crippen LogP contribution is -2.35. The maximum Gasteiger partial charge on any atom is 0.195 e. The van der Waals surface area contributed by atoms with Gasteiger partial charge in [-0.1, -0.05) is 12.1 Å². The standard InChI is InChI=1S/C19H20BrNO3S/c1-23-18-5-3-14(2-4-17(22)19-11-16(20)13-25-19)10-15(18)12-21-6-8-24-9-7-21/h2-5,10-11,13H,6-9,12H2,1H3/b4-2+. The quantitative estimate of drug-likeness (QED) is 0.516. The third-order valence-corrected chi connectivity index (χ3v) is 5.75. The maximum absolute atomic E-state index is 12.2. The van der Waals surface area contributed by atoms with Gasteiger partial charge >= 0.3 is 0 Å². The second-order valence-electron chi connectivity index (χ2n) is 5.79. The zero-order valence-corrected chi connectivity index (χ0v) is 16.4. The zero-order chi connectivity index (χ0) is 17.6. The number of rotatable bonds is 6. The third-order valence-electron chi connectivity index (χ3n) is 4.04. The van der Waals surface area contributed by atoms with Crippen molar-refractivity contribution in [3.8, 4) is 5.75 Å². The first-order chi connectivity index (χ1) is 12.2. The van der Waals surface area contributed by atoms with Crippen LogP contribution in [0.3, 0.4) is 0 Å². The molecule has 0 unspecified atom stereocenters. The van der Waals surface area contributed by atoms with Crippen LogP contribution in [0.15, 0.2) is 40.2 Å². The smallest absolute Gasteiger partial charge is 0.195 e. The minimum absolute atomic E-state index is 0.0150. The molecule has 0 atom stereocenters. The van der Waals surface area contributed by atoms with Gasteiger partial charge in [-0.05, 0) is 45.8 Å². The Labute approximate surface area is 160 Å². The lowest BCUT2D eigenvalue weighted by atomic mass is 10.1. The van der Waals surface area contributed by atoms with E-state index in [4.69, 9.17) is 9.47 Å². The average Bonchev–Trinajstić information content (AvgIpc) is 3.07. The summed E-state index contributed by atoms with van der Waals surface area (Å²) < 4.78 is 11.8. The van der Waals surface area contributed by atoms with Gasteiger partial charge in [-0.3, -0.25) is 9.69 Å². The minimum atomic E-state index is 0.0150. The molecule has 4 nitrogen and oxygen atoms in total. The molecule has 0 amide bonds. The van der Waals surface area contributed by atoms with Crippen molar-refractivity contribution in [3.05, 3.63) is 56.2 Å². The first-order valence-electron chi connectivity index (χ1n) is 8.09. The third kappa shape index (κ3) is 5.01. The number of allylic oxidation sites excluding steroid dienone is 1. The van der Waals surface area contributed by atoms with E-state index < -0.39 is 0 Å². The average molecular weight is 422 g/mol. The van der Waals surface area contributed by atoms with Crippen molar-refractivity contribution in [3.63, 3.8) is 0 Å². The van der Waals surface area contributed by atoms with Gasteiger partial charge in [0, 0.05) is 35.1 Å². The minimum Gasteiger partial charge on any atom is -0.496 e. The molecule has 2 aromatic rings. The van der Waals surface area contributed by atoms with E-state index in [0.717, 1.165) is 59.1 Å². The number of hydrogen-bond acceptors (Lipinski definition) is 5. The number of hydrogen-bond donors (Lipinski definition) is 0. The molecular formula is C19H20BrNO3S. The molecule has 2 heterocycles. The lowest BCUT2D eigenvalue weighted by Gasteiger charge is -2.27. The molecule has 0 aliphatic carbocycles. The molecular weight excluding hydrogens is 402 g/mol. The summed E-state index contributed by atoms with van der Waals surface area (Å²) in [6, 6.07) is 7.86. The van der Waals surface area contributed by atoms with Crippen LogP contribution in [0.1, 0.15) is 20.8 Å². The predicted octanol–water partition coefficient (Wildman–Crippen LogP) is 4.25. The highest BCUT2D eigenvalue weighted by Gasteiger charge is 2.13. The fourth-order valence-electron chi connectivity index (χ4n) is 2.72. The molecule has 1 aliphatic rings. The van der Waals surface area contributed by atoms with Gasteiger partial charge in [0.05, 0.1) is 25.2 Å². The Morgan fingerprint density at radius 2 is 2.16 bits per heavy atom. The van der Waals surface area contributed by atoms with E-state index in [1.54, 1.807) is 13.2 Å². The molecule has 1 fully saturated rings. The van der Waals surface area contributed by atoms with E-state index in [2.05, 4.69) is 26.9 Å². The molecule has 0 N–H and O–H groups in total. The predicted molar refractivity (Wildman–Crippen MR) is 104 cm³/mol. The van der Waals surface area contributed by atoms with Gasteiger partial charge in [0.2, 0.25) is 0 Å². The van der Waals surface area contributed by atoms with Crippen LogP contribution in [-0.2, 0) is 11.3 Å². The molecule has 1 aliphatic heterocycles. The number of methoxy groups -OCH3 is 1. The number of morpholine rings is 1. The first-order valence-corrected chi connectivity index (χ1v) is 9.76. The van der Waals surface area contributed by atoms with E-state index in [1.807, 2.05) is 29.7 Å². The fraction of sp³-hybridized carbons (Fsp3) is 0.316. The molecule has 1 aromatic carbocycles.